The molecule has 1 aromatic rings. The highest BCUT2D eigenvalue weighted by molar-refractivity contribution is 5.22. The SMILES string of the molecule is CC1CN(Cc2ccc(CNC3CC3)cc2)CC1C. The van der Waals surface area contributed by atoms with E-state index in [1.165, 1.54) is 37.1 Å². The smallest absolute Gasteiger partial charge is 0.0233 e. The maximum atomic E-state index is 3.57. The fourth-order valence-corrected chi connectivity index (χ4v) is 2.95. The molecule has 19 heavy (non-hydrogen) atoms. The van der Waals surface area contributed by atoms with Gasteiger partial charge >= 0.3 is 0 Å². The normalized spacial score (nSPS) is 27.9. The minimum atomic E-state index is 0.798. The van der Waals surface area contributed by atoms with Crippen molar-refractivity contribution in [1.29, 1.82) is 0 Å². The van der Waals surface area contributed by atoms with Crippen molar-refractivity contribution in [3.8, 4) is 0 Å². The molecule has 1 N–H and O–H groups in total. The van der Waals surface area contributed by atoms with Crippen molar-refractivity contribution in [3.05, 3.63) is 35.4 Å². The largest absolute Gasteiger partial charge is 0.310 e. The molecule has 2 fully saturated rings. The van der Waals surface area contributed by atoms with E-state index in [1.807, 2.05) is 0 Å². The highest BCUT2D eigenvalue weighted by atomic mass is 15.1. The standard InChI is InChI=1S/C17H26N2/c1-13-10-19(11-14(13)2)12-16-5-3-15(4-6-16)9-18-17-7-8-17/h3-6,13-14,17-18H,7-12H2,1-2H3. The molecule has 1 aliphatic carbocycles. The lowest BCUT2D eigenvalue weighted by Gasteiger charge is -2.15. The van der Waals surface area contributed by atoms with Crippen LogP contribution in [-0.2, 0) is 13.1 Å². The number of hydrogen-bond acceptors (Lipinski definition) is 2. The third-order valence-corrected chi connectivity index (χ3v) is 4.67. The van der Waals surface area contributed by atoms with E-state index >= 15 is 0 Å². The summed E-state index contributed by atoms with van der Waals surface area (Å²) in [7, 11) is 0. The monoisotopic (exact) mass is 258 g/mol. The lowest BCUT2D eigenvalue weighted by molar-refractivity contribution is 0.316. The van der Waals surface area contributed by atoms with E-state index in [4.69, 9.17) is 0 Å². The van der Waals surface area contributed by atoms with Gasteiger partial charge in [0, 0.05) is 32.2 Å². The molecule has 1 aromatic carbocycles. The second-order valence-corrected chi connectivity index (χ2v) is 6.62. The molecule has 0 amide bonds. The molecule has 0 bridgehead atoms. The Bertz CT molecular complexity index is 398. The first-order valence-electron chi connectivity index (χ1n) is 7.74. The summed E-state index contributed by atoms with van der Waals surface area (Å²) in [5.74, 6) is 1.70. The van der Waals surface area contributed by atoms with Gasteiger partial charge in [0.25, 0.3) is 0 Å². The summed E-state index contributed by atoms with van der Waals surface area (Å²) in [6, 6.07) is 9.98. The van der Waals surface area contributed by atoms with E-state index in [9.17, 15) is 0 Å². The molecule has 2 atom stereocenters. The van der Waals surface area contributed by atoms with Gasteiger partial charge in [-0.15, -0.1) is 0 Å². The molecule has 1 saturated heterocycles. The van der Waals surface area contributed by atoms with Crippen LogP contribution in [0.5, 0.6) is 0 Å². The fourth-order valence-electron chi connectivity index (χ4n) is 2.95. The Kier molecular flexibility index (Phi) is 3.90. The van der Waals surface area contributed by atoms with Gasteiger partial charge in [0.1, 0.15) is 0 Å². The number of nitrogens with zero attached hydrogens (tertiary/aromatic N) is 1. The number of hydrogen-bond donors (Lipinski definition) is 1. The molecule has 104 valence electrons. The van der Waals surface area contributed by atoms with Crippen molar-refractivity contribution >= 4 is 0 Å². The third kappa shape index (κ3) is 3.58. The topological polar surface area (TPSA) is 15.3 Å². The van der Waals surface area contributed by atoms with Crippen LogP contribution in [0.3, 0.4) is 0 Å². The van der Waals surface area contributed by atoms with Crippen molar-refractivity contribution in [2.24, 2.45) is 11.8 Å². The molecule has 3 rings (SSSR count). The molecule has 2 nitrogen and oxygen atoms in total. The van der Waals surface area contributed by atoms with E-state index < -0.39 is 0 Å². The van der Waals surface area contributed by atoms with Crippen molar-refractivity contribution in [3.63, 3.8) is 0 Å². The summed E-state index contributed by atoms with van der Waals surface area (Å²) in [6.45, 7) is 9.40. The Morgan fingerprint density at radius 2 is 1.58 bits per heavy atom. The maximum absolute atomic E-state index is 3.57. The van der Waals surface area contributed by atoms with E-state index in [-0.39, 0.29) is 0 Å². The minimum Gasteiger partial charge on any atom is -0.310 e. The zero-order valence-corrected chi connectivity index (χ0v) is 12.2. The molecule has 0 aromatic heterocycles. The number of nitrogens with one attached hydrogen (secondary N) is 1. The van der Waals surface area contributed by atoms with Gasteiger partial charge in [-0.25, -0.2) is 0 Å². The van der Waals surface area contributed by atoms with Crippen LogP contribution in [0, 0.1) is 11.8 Å². The maximum Gasteiger partial charge on any atom is 0.0233 e. The molecular weight excluding hydrogens is 232 g/mol. The van der Waals surface area contributed by atoms with E-state index in [0.29, 0.717) is 0 Å². The zero-order valence-electron chi connectivity index (χ0n) is 12.2. The van der Waals surface area contributed by atoms with Crippen molar-refractivity contribution in [2.75, 3.05) is 13.1 Å². The van der Waals surface area contributed by atoms with Gasteiger partial charge in [-0.05, 0) is 35.8 Å². The van der Waals surface area contributed by atoms with Crippen molar-refractivity contribution < 1.29 is 0 Å². The molecule has 0 radical (unpaired) electrons. The van der Waals surface area contributed by atoms with Gasteiger partial charge in [0.2, 0.25) is 0 Å². The van der Waals surface area contributed by atoms with Gasteiger partial charge < -0.3 is 5.32 Å². The number of rotatable bonds is 5. The Hall–Kier alpha value is -0.860. The Balaban J connectivity index is 1.50. The van der Waals surface area contributed by atoms with E-state index in [1.54, 1.807) is 0 Å². The zero-order chi connectivity index (χ0) is 13.2. The molecule has 1 aliphatic heterocycles. The first-order valence-corrected chi connectivity index (χ1v) is 7.74. The van der Waals surface area contributed by atoms with Crippen LogP contribution in [0.2, 0.25) is 0 Å². The molecule has 2 aliphatic rings. The predicted molar refractivity (Wildman–Crippen MR) is 79.9 cm³/mol. The Morgan fingerprint density at radius 1 is 1.00 bits per heavy atom. The number of likely N-dealkylation sites (tertiary alicyclic amines) is 1. The highest BCUT2D eigenvalue weighted by Crippen LogP contribution is 2.24. The summed E-state index contributed by atoms with van der Waals surface area (Å²) < 4.78 is 0. The predicted octanol–water partition coefficient (Wildman–Crippen LogP) is 3.03. The van der Waals surface area contributed by atoms with Crippen LogP contribution < -0.4 is 5.32 Å². The van der Waals surface area contributed by atoms with Crippen LogP contribution in [0.1, 0.15) is 37.8 Å². The lowest BCUT2D eigenvalue weighted by Crippen LogP contribution is -2.20. The van der Waals surface area contributed by atoms with Crippen LogP contribution >= 0.6 is 0 Å². The summed E-state index contributed by atoms with van der Waals surface area (Å²) in [5, 5.41) is 3.57. The van der Waals surface area contributed by atoms with E-state index in [2.05, 4.69) is 48.3 Å². The van der Waals surface area contributed by atoms with E-state index in [0.717, 1.165) is 31.0 Å². The molecule has 1 heterocycles. The Morgan fingerprint density at radius 3 is 2.16 bits per heavy atom. The van der Waals surface area contributed by atoms with Gasteiger partial charge in [0.05, 0.1) is 0 Å². The second kappa shape index (κ2) is 5.64. The average Bonchev–Trinajstić information content (AvgIpc) is 3.16. The highest BCUT2D eigenvalue weighted by Gasteiger charge is 2.25. The average molecular weight is 258 g/mol. The summed E-state index contributed by atoms with van der Waals surface area (Å²) in [4.78, 5) is 2.59. The minimum absolute atomic E-state index is 0.798. The Labute approximate surface area is 117 Å². The molecule has 2 heteroatoms. The van der Waals surface area contributed by atoms with Crippen LogP contribution in [-0.4, -0.2) is 24.0 Å². The summed E-state index contributed by atoms with van der Waals surface area (Å²) in [5.41, 5.74) is 2.87. The van der Waals surface area contributed by atoms with Crippen LogP contribution in [0.15, 0.2) is 24.3 Å². The molecule has 1 saturated carbocycles. The molecule has 0 spiro atoms. The lowest BCUT2D eigenvalue weighted by atomic mass is 10.0. The van der Waals surface area contributed by atoms with Gasteiger partial charge in [0.15, 0.2) is 0 Å². The van der Waals surface area contributed by atoms with Gasteiger partial charge in [-0.3, -0.25) is 4.90 Å². The third-order valence-electron chi connectivity index (χ3n) is 4.67. The van der Waals surface area contributed by atoms with Crippen LogP contribution in [0.25, 0.3) is 0 Å². The quantitative estimate of drug-likeness (QED) is 0.873. The second-order valence-electron chi connectivity index (χ2n) is 6.62. The van der Waals surface area contributed by atoms with Crippen molar-refractivity contribution in [2.45, 2.75) is 45.8 Å². The van der Waals surface area contributed by atoms with Crippen LogP contribution in [0.4, 0.5) is 0 Å². The first-order chi connectivity index (χ1) is 9.20. The first kappa shape index (κ1) is 13.1. The van der Waals surface area contributed by atoms with Crippen molar-refractivity contribution in [1.82, 2.24) is 10.2 Å². The molecule has 2 unspecified atom stereocenters. The summed E-state index contributed by atoms with van der Waals surface area (Å²) >= 11 is 0. The number of benzene rings is 1. The molecular formula is C17H26N2. The summed E-state index contributed by atoms with van der Waals surface area (Å²) in [6.07, 6.45) is 2.73. The van der Waals surface area contributed by atoms with Gasteiger partial charge in [-0.2, -0.15) is 0 Å². The van der Waals surface area contributed by atoms with Gasteiger partial charge in [-0.1, -0.05) is 38.1 Å². The fraction of sp³-hybridized carbons (Fsp3) is 0.647.